The zero-order chi connectivity index (χ0) is 15.6. The van der Waals surface area contributed by atoms with Crippen LogP contribution in [0, 0.1) is 0 Å². The van der Waals surface area contributed by atoms with Gasteiger partial charge in [0.05, 0.1) is 5.69 Å². The molecular formula is C18H22N4S. The summed E-state index contributed by atoms with van der Waals surface area (Å²) >= 11 is 1.73. The molecule has 1 aromatic heterocycles. The van der Waals surface area contributed by atoms with E-state index in [-0.39, 0.29) is 0 Å². The van der Waals surface area contributed by atoms with Gasteiger partial charge in [-0.15, -0.1) is 0 Å². The number of aromatic nitrogens is 2. The van der Waals surface area contributed by atoms with E-state index in [9.17, 15) is 0 Å². The van der Waals surface area contributed by atoms with Gasteiger partial charge in [-0.05, 0) is 42.6 Å². The molecule has 2 aromatic rings. The maximum Gasteiger partial charge on any atom is 0.189 e. The van der Waals surface area contributed by atoms with E-state index in [1.165, 1.54) is 35.2 Å². The van der Waals surface area contributed by atoms with Gasteiger partial charge >= 0.3 is 0 Å². The number of nitrogens with one attached hydrogen (secondary N) is 1. The van der Waals surface area contributed by atoms with Crippen LogP contribution in [0.3, 0.4) is 0 Å². The van der Waals surface area contributed by atoms with E-state index < -0.39 is 0 Å². The molecule has 0 atom stereocenters. The summed E-state index contributed by atoms with van der Waals surface area (Å²) in [5.74, 6) is 2.03. The minimum absolute atomic E-state index is 0.910. The van der Waals surface area contributed by atoms with Crippen LogP contribution in [-0.2, 0) is 25.9 Å². The molecule has 23 heavy (non-hydrogen) atoms. The smallest absolute Gasteiger partial charge is 0.189 e. The number of aryl methyl sites for hydroxylation is 1. The van der Waals surface area contributed by atoms with E-state index in [1.54, 1.807) is 11.8 Å². The number of hydrogen-bond acceptors (Lipinski definition) is 5. The number of anilines is 1. The first-order chi connectivity index (χ1) is 11.3. The van der Waals surface area contributed by atoms with Crippen molar-refractivity contribution in [3.8, 4) is 0 Å². The molecule has 0 saturated heterocycles. The second kappa shape index (κ2) is 6.49. The molecule has 0 saturated carbocycles. The molecular weight excluding hydrogens is 304 g/mol. The molecule has 0 bridgehead atoms. The van der Waals surface area contributed by atoms with Gasteiger partial charge in [-0.1, -0.05) is 43.0 Å². The summed E-state index contributed by atoms with van der Waals surface area (Å²) in [6.45, 7) is 4.02. The largest absolute Gasteiger partial charge is 0.302 e. The van der Waals surface area contributed by atoms with Crippen molar-refractivity contribution in [3.63, 3.8) is 0 Å². The molecule has 4 rings (SSSR count). The van der Waals surface area contributed by atoms with Crippen molar-refractivity contribution in [2.75, 3.05) is 11.2 Å². The predicted molar refractivity (Wildman–Crippen MR) is 94.4 cm³/mol. The second-order valence-corrected chi connectivity index (χ2v) is 7.39. The molecule has 1 aliphatic carbocycles. The fourth-order valence-corrected chi connectivity index (χ4v) is 4.01. The molecule has 2 aliphatic rings. The van der Waals surface area contributed by atoms with Gasteiger partial charge in [0.2, 0.25) is 0 Å². The monoisotopic (exact) mass is 326 g/mol. The minimum atomic E-state index is 0.910. The standard InChI is InChI=1S/C18H22N4S/c1-2-23-18-19-16-10-6-5-9-15(16)17(20-18)21-22-11-13-7-3-4-8-14(13)12-22/h3-4,7-8H,2,5-6,9-12H2,1H3,(H,19,20,21). The lowest BCUT2D eigenvalue weighted by atomic mass is 9.97. The van der Waals surface area contributed by atoms with E-state index >= 15 is 0 Å². The van der Waals surface area contributed by atoms with E-state index in [1.807, 2.05) is 0 Å². The summed E-state index contributed by atoms with van der Waals surface area (Å²) in [4.78, 5) is 9.57. The van der Waals surface area contributed by atoms with Gasteiger partial charge in [-0.2, -0.15) is 0 Å². The molecule has 0 spiro atoms. The second-order valence-electron chi connectivity index (χ2n) is 6.16. The first-order valence-electron chi connectivity index (χ1n) is 8.44. The van der Waals surface area contributed by atoms with Gasteiger partial charge in [0, 0.05) is 18.7 Å². The molecule has 5 heteroatoms. The summed E-state index contributed by atoms with van der Waals surface area (Å²) in [7, 11) is 0. The van der Waals surface area contributed by atoms with E-state index in [4.69, 9.17) is 9.97 Å². The van der Waals surface area contributed by atoms with Gasteiger partial charge in [0.25, 0.3) is 0 Å². The predicted octanol–water partition coefficient (Wildman–Crippen LogP) is 3.81. The van der Waals surface area contributed by atoms with E-state index in [0.29, 0.717) is 0 Å². The summed E-state index contributed by atoms with van der Waals surface area (Å²) < 4.78 is 0. The van der Waals surface area contributed by atoms with Crippen LogP contribution < -0.4 is 5.43 Å². The number of fused-ring (bicyclic) bond motifs is 2. The quantitative estimate of drug-likeness (QED) is 0.683. The summed E-state index contributed by atoms with van der Waals surface area (Å²) in [6.07, 6.45) is 4.67. The van der Waals surface area contributed by atoms with Gasteiger partial charge in [0.1, 0.15) is 5.82 Å². The number of hydrazine groups is 1. The number of nitrogens with zero attached hydrogens (tertiary/aromatic N) is 3. The highest BCUT2D eigenvalue weighted by molar-refractivity contribution is 7.99. The summed E-state index contributed by atoms with van der Waals surface area (Å²) in [5, 5.41) is 3.18. The Kier molecular flexibility index (Phi) is 4.23. The van der Waals surface area contributed by atoms with Gasteiger partial charge < -0.3 is 5.43 Å². The maximum atomic E-state index is 4.80. The maximum absolute atomic E-state index is 4.80. The van der Waals surface area contributed by atoms with Crippen LogP contribution in [0.5, 0.6) is 0 Å². The number of benzene rings is 1. The Balaban J connectivity index is 1.60. The van der Waals surface area contributed by atoms with E-state index in [0.717, 1.165) is 42.7 Å². The van der Waals surface area contributed by atoms with Crippen LogP contribution in [0.4, 0.5) is 5.82 Å². The molecule has 1 N–H and O–H groups in total. The first-order valence-corrected chi connectivity index (χ1v) is 9.43. The zero-order valence-corrected chi connectivity index (χ0v) is 14.3. The Morgan fingerprint density at radius 3 is 2.57 bits per heavy atom. The summed E-state index contributed by atoms with van der Waals surface area (Å²) in [6, 6.07) is 8.66. The lowest BCUT2D eigenvalue weighted by molar-refractivity contribution is 0.343. The lowest BCUT2D eigenvalue weighted by Crippen LogP contribution is -2.26. The molecule has 4 nitrogen and oxygen atoms in total. The molecule has 0 unspecified atom stereocenters. The number of thioether (sulfide) groups is 1. The van der Waals surface area contributed by atoms with Crippen LogP contribution in [0.15, 0.2) is 29.4 Å². The number of hydrogen-bond donors (Lipinski definition) is 1. The van der Waals surface area contributed by atoms with Crippen molar-refractivity contribution in [1.82, 2.24) is 15.0 Å². The van der Waals surface area contributed by atoms with Gasteiger partial charge in [0.15, 0.2) is 5.16 Å². The van der Waals surface area contributed by atoms with Crippen molar-refractivity contribution >= 4 is 17.6 Å². The Morgan fingerprint density at radius 2 is 1.83 bits per heavy atom. The molecule has 0 fully saturated rings. The molecule has 0 amide bonds. The van der Waals surface area contributed by atoms with Crippen LogP contribution >= 0.6 is 11.8 Å². The SMILES string of the molecule is CCSc1nc2c(c(NN3Cc4ccccc4C3)n1)CCCC2. The summed E-state index contributed by atoms with van der Waals surface area (Å²) in [5.41, 5.74) is 8.98. The average molecular weight is 326 g/mol. The third-order valence-corrected chi connectivity index (χ3v) is 5.27. The molecule has 2 heterocycles. The first kappa shape index (κ1) is 15.0. The van der Waals surface area contributed by atoms with Crippen molar-refractivity contribution in [2.24, 2.45) is 0 Å². The zero-order valence-electron chi connectivity index (χ0n) is 13.5. The van der Waals surface area contributed by atoms with Crippen molar-refractivity contribution in [2.45, 2.75) is 50.9 Å². The van der Waals surface area contributed by atoms with Crippen LogP contribution in [0.25, 0.3) is 0 Å². The lowest BCUT2D eigenvalue weighted by Gasteiger charge is -2.23. The normalized spacial score (nSPS) is 16.9. The highest BCUT2D eigenvalue weighted by Crippen LogP contribution is 2.30. The Hall–Kier alpha value is -1.59. The Labute approximate surface area is 141 Å². The van der Waals surface area contributed by atoms with Crippen molar-refractivity contribution < 1.29 is 0 Å². The van der Waals surface area contributed by atoms with Crippen LogP contribution in [0.1, 0.15) is 42.1 Å². The minimum Gasteiger partial charge on any atom is -0.302 e. The Bertz CT molecular complexity index is 691. The van der Waals surface area contributed by atoms with Gasteiger partial charge in [-0.3, -0.25) is 0 Å². The molecule has 1 aromatic carbocycles. The average Bonchev–Trinajstić information content (AvgIpc) is 2.97. The fraction of sp³-hybridized carbons (Fsp3) is 0.444. The molecule has 1 aliphatic heterocycles. The molecule has 120 valence electrons. The highest BCUT2D eigenvalue weighted by atomic mass is 32.2. The highest BCUT2D eigenvalue weighted by Gasteiger charge is 2.22. The van der Waals surface area contributed by atoms with Crippen molar-refractivity contribution in [3.05, 3.63) is 46.6 Å². The third kappa shape index (κ3) is 3.08. The van der Waals surface area contributed by atoms with Gasteiger partial charge in [-0.25, -0.2) is 15.0 Å². The fourth-order valence-electron chi connectivity index (χ4n) is 3.42. The topological polar surface area (TPSA) is 41.1 Å². The van der Waals surface area contributed by atoms with Crippen LogP contribution in [0.2, 0.25) is 0 Å². The molecule has 0 radical (unpaired) electrons. The third-order valence-electron chi connectivity index (χ3n) is 4.54. The Morgan fingerprint density at radius 1 is 1.09 bits per heavy atom. The van der Waals surface area contributed by atoms with Crippen LogP contribution in [-0.4, -0.2) is 20.7 Å². The number of rotatable bonds is 4. The van der Waals surface area contributed by atoms with Crippen molar-refractivity contribution in [1.29, 1.82) is 0 Å². The van der Waals surface area contributed by atoms with E-state index in [2.05, 4.69) is 41.6 Å².